The van der Waals surface area contributed by atoms with Crippen molar-refractivity contribution in [2.24, 2.45) is 0 Å². The highest BCUT2D eigenvalue weighted by molar-refractivity contribution is 6.26. The second kappa shape index (κ2) is 11.9. The molecule has 0 N–H and O–H groups in total. The molecule has 7 aromatic carbocycles. The number of fused-ring (bicyclic) bond motifs is 8. The largest absolute Gasteiger partial charge is 0.310 e. The van der Waals surface area contributed by atoms with Crippen molar-refractivity contribution in [2.75, 3.05) is 4.90 Å². The molecule has 0 fully saturated rings. The first kappa shape index (κ1) is 29.0. The van der Waals surface area contributed by atoms with Crippen LogP contribution in [-0.4, -0.2) is 15.0 Å². The highest BCUT2D eigenvalue weighted by atomic mass is 15.1. The molecular weight excluding hydrogens is 621 g/mol. The fourth-order valence-electron chi connectivity index (χ4n) is 7.50. The van der Waals surface area contributed by atoms with Crippen molar-refractivity contribution in [1.82, 2.24) is 15.0 Å². The second-order valence-corrected chi connectivity index (χ2v) is 12.8. The van der Waals surface area contributed by atoms with Gasteiger partial charge in [0.2, 0.25) is 0 Å². The van der Waals surface area contributed by atoms with Crippen LogP contribution in [0.1, 0.15) is 0 Å². The molecule has 0 saturated heterocycles. The van der Waals surface area contributed by atoms with Gasteiger partial charge in [-0.05, 0) is 59.3 Å². The summed E-state index contributed by atoms with van der Waals surface area (Å²) in [5, 5.41) is 7.85. The Bertz CT molecular complexity index is 2870. The lowest BCUT2D eigenvalue weighted by atomic mass is 9.91. The summed E-state index contributed by atoms with van der Waals surface area (Å²) in [6, 6.07) is 61.9. The molecule has 3 aromatic heterocycles. The van der Waals surface area contributed by atoms with E-state index in [1.54, 1.807) is 0 Å². The van der Waals surface area contributed by atoms with E-state index in [-0.39, 0.29) is 0 Å². The van der Waals surface area contributed by atoms with E-state index in [1.165, 1.54) is 5.39 Å². The van der Waals surface area contributed by atoms with Gasteiger partial charge in [0.05, 0.1) is 27.9 Å². The Hall–Kier alpha value is -6.91. The van der Waals surface area contributed by atoms with E-state index in [0.717, 1.165) is 88.4 Å². The molecule has 0 bridgehead atoms. The van der Waals surface area contributed by atoms with Crippen LogP contribution in [0, 0.1) is 0 Å². The maximum Gasteiger partial charge on any atom is 0.0972 e. The predicted octanol–water partition coefficient (Wildman–Crippen LogP) is 12.4. The number of anilines is 3. The van der Waals surface area contributed by atoms with Gasteiger partial charge >= 0.3 is 0 Å². The zero-order valence-corrected chi connectivity index (χ0v) is 27.6. The topological polar surface area (TPSA) is 41.9 Å². The van der Waals surface area contributed by atoms with Crippen molar-refractivity contribution in [3.8, 4) is 22.5 Å². The molecule has 0 aliphatic carbocycles. The van der Waals surface area contributed by atoms with Gasteiger partial charge < -0.3 is 4.90 Å². The molecule has 0 amide bonds. The lowest BCUT2D eigenvalue weighted by molar-refractivity contribution is 1.28. The van der Waals surface area contributed by atoms with Crippen LogP contribution >= 0.6 is 0 Å². The molecule has 4 nitrogen and oxygen atoms in total. The minimum Gasteiger partial charge on any atom is -0.310 e. The van der Waals surface area contributed by atoms with Crippen LogP contribution in [0.2, 0.25) is 0 Å². The summed E-state index contributed by atoms with van der Waals surface area (Å²) < 4.78 is 0. The number of pyridine rings is 3. The van der Waals surface area contributed by atoms with Crippen LogP contribution in [-0.2, 0) is 0 Å². The number of hydrogen-bond acceptors (Lipinski definition) is 4. The van der Waals surface area contributed by atoms with Gasteiger partial charge in [-0.1, -0.05) is 127 Å². The Morgan fingerprint density at radius 2 is 1.06 bits per heavy atom. The van der Waals surface area contributed by atoms with E-state index < -0.39 is 0 Å². The van der Waals surface area contributed by atoms with Gasteiger partial charge in [-0.3, -0.25) is 4.98 Å². The average Bonchev–Trinajstić information content (AvgIpc) is 3.21. The number of aromatic nitrogens is 3. The zero-order valence-electron chi connectivity index (χ0n) is 27.6. The van der Waals surface area contributed by atoms with Crippen LogP contribution in [0.4, 0.5) is 17.1 Å². The van der Waals surface area contributed by atoms with Gasteiger partial charge in [-0.15, -0.1) is 0 Å². The van der Waals surface area contributed by atoms with Crippen molar-refractivity contribution in [2.45, 2.75) is 0 Å². The minimum atomic E-state index is 0.908. The molecule has 10 rings (SSSR count). The number of benzene rings is 7. The molecule has 0 saturated carbocycles. The first-order valence-corrected chi connectivity index (χ1v) is 17.2. The quantitative estimate of drug-likeness (QED) is 0.174. The Morgan fingerprint density at radius 3 is 1.82 bits per heavy atom. The molecule has 4 heteroatoms. The lowest BCUT2D eigenvalue weighted by Crippen LogP contribution is -2.09. The molecule has 0 aliphatic heterocycles. The predicted molar refractivity (Wildman–Crippen MR) is 213 cm³/mol. The van der Waals surface area contributed by atoms with E-state index >= 15 is 0 Å². The van der Waals surface area contributed by atoms with Gasteiger partial charge in [0.25, 0.3) is 0 Å². The first-order valence-electron chi connectivity index (χ1n) is 17.2. The normalized spacial score (nSPS) is 11.5. The van der Waals surface area contributed by atoms with Gasteiger partial charge in [0.15, 0.2) is 0 Å². The molecule has 10 aromatic rings. The molecule has 0 spiro atoms. The zero-order chi connectivity index (χ0) is 33.7. The third-order valence-corrected chi connectivity index (χ3v) is 9.83. The maximum atomic E-state index is 5.44. The molecular formula is C47H30N4. The molecule has 0 aliphatic rings. The highest BCUT2D eigenvalue weighted by Crippen LogP contribution is 2.43. The van der Waals surface area contributed by atoms with Crippen molar-refractivity contribution in [3.63, 3.8) is 0 Å². The second-order valence-electron chi connectivity index (χ2n) is 12.8. The van der Waals surface area contributed by atoms with Crippen LogP contribution in [0.5, 0.6) is 0 Å². The monoisotopic (exact) mass is 650 g/mol. The van der Waals surface area contributed by atoms with E-state index in [9.17, 15) is 0 Å². The summed E-state index contributed by atoms with van der Waals surface area (Å²) in [5.74, 6) is 0. The van der Waals surface area contributed by atoms with Crippen molar-refractivity contribution >= 4 is 71.3 Å². The Kier molecular flexibility index (Phi) is 6.78. The van der Waals surface area contributed by atoms with Crippen molar-refractivity contribution in [3.05, 3.63) is 182 Å². The standard InChI is InChI=1S/C47H30N4/c1-4-12-32(13-5-1)45-40-26-23-31-14-10-20-38(41-28-24-34-22-21-33-15-11-29-48-46(33)47(34)49-41)43(31)44(40)39-27-25-37(30-42(39)50-45)51(35-16-6-2-7-17-35)36-18-8-3-9-19-36/h1-30H. The highest BCUT2D eigenvalue weighted by Gasteiger charge is 2.19. The van der Waals surface area contributed by atoms with Crippen molar-refractivity contribution in [1.29, 1.82) is 0 Å². The lowest BCUT2D eigenvalue weighted by Gasteiger charge is -2.26. The van der Waals surface area contributed by atoms with Crippen LogP contribution in [0.15, 0.2) is 182 Å². The SMILES string of the molecule is c1ccc(-c2nc3cc(N(c4ccccc4)c4ccccc4)ccc3c3c2ccc2cccc(-c4ccc5ccc6cccnc6c5n4)c23)cc1. The molecule has 238 valence electrons. The Balaban J connectivity index is 1.29. The van der Waals surface area contributed by atoms with Crippen LogP contribution < -0.4 is 4.90 Å². The van der Waals surface area contributed by atoms with E-state index in [2.05, 4.69) is 175 Å². The first-order chi connectivity index (χ1) is 25.3. The average molecular weight is 651 g/mol. The maximum absolute atomic E-state index is 5.44. The molecule has 3 heterocycles. The summed E-state index contributed by atoms with van der Waals surface area (Å²) >= 11 is 0. The number of hydrogen-bond donors (Lipinski definition) is 0. The van der Waals surface area contributed by atoms with Crippen molar-refractivity contribution < 1.29 is 0 Å². The van der Waals surface area contributed by atoms with E-state index in [4.69, 9.17) is 15.0 Å². The third kappa shape index (κ3) is 4.88. The molecule has 0 atom stereocenters. The van der Waals surface area contributed by atoms with Crippen LogP contribution in [0.25, 0.3) is 76.8 Å². The third-order valence-electron chi connectivity index (χ3n) is 9.83. The van der Waals surface area contributed by atoms with E-state index in [1.807, 2.05) is 12.3 Å². The van der Waals surface area contributed by atoms with Gasteiger partial charge in [-0.2, -0.15) is 0 Å². The van der Waals surface area contributed by atoms with Gasteiger partial charge in [0, 0.05) is 61.3 Å². The Morgan fingerprint density at radius 1 is 0.412 bits per heavy atom. The summed E-state index contributed by atoms with van der Waals surface area (Å²) in [7, 11) is 0. The molecule has 0 unspecified atom stereocenters. The number of nitrogens with zero attached hydrogens (tertiary/aromatic N) is 4. The fourth-order valence-corrected chi connectivity index (χ4v) is 7.50. The van der Waals surface area contributed by atoms with Gasteiger partial charge in [-0.25, -0.2) is 9.97 Å². The Labute approximate surface area is 294 Å². The number of para-hydroxylation sites is 2. The van der Waals surface area contributed by atoms with Crippen LogP contribution in [0.3, 0.4) is 0 Å². The minimum absolute atomic E-state index is 0.908. The van der Waals surface area contributed by atoms with Gasteiger partial charge in [0.1, 0.15) is 0 Å². The summed E-state index contributed by atoms with van der Waals surface area (Å²) in [4.78, 5) is 17.8. The molecule has 51 heavy (non-hydrogen) atoms. The molecule has 0 radical (unpaired) electrons. The summed E-state index contributed by atoms with van der Waals surface area (Å²) in [6.07, 6.45) is 1.84. The number of rotatable bonds is 5. The van der Waals surface area contributed by atoms with E-state index in [0.29, 0.717) is 0 Å². The summed E-state index contributed by atoms with van der Waals surface area (Å²) in [6.45, 7) is 0. The smallest absolute Gasteiger partial charge is 0.0972 e. The fraction of sp³-hybridized carbons (Fsp3) is 0. The summed E-state index contributed by atoms with van der Waals surface area (Å²) in [5.41, 5.74) is 10.0.